The minimum absolute atomic E-state index is 0.204. The van der Waals surface area contributed by atoms with E-state index in [2.05, 4.69) is 0 Å². The van der Waals surface area contributed by atoms with Crippen molar-refractivity contribution in [3.05, 3.63) is 11.8 Å². The fourth-order valence-corrected chi connectivity index (χ4v) is 8.24. The summed E-state index contributed by atoms with van der Waals surface area (Å²) in [4.78, 5) is 62.4. The monoisotopic (exact) mass is 578 g/mol. The maximum absolute atomic E-state index is 13.5. The lowest BCUT2D eigenvalue weighted by Gasteiger charge is -2.51. The van der Waals surface area contributed by atoms with E-state index >= 15 is 0 Å². The summed E-state index contributed by atoms with van der Waals surface area (Å²) < 4.78 is 33.9. The normalized spacial score (nSPS) is 39.4. The molecule has 11 atom stereocenters. The molecule has 5 aliphatic rings. The summed E-state index contributed by atoms with van der Waals surface area (Å²) in [7, 11) is 0. The van der Waals surface area contributed by atoms with Gasteiger partial charge >= 0.3 is 29.8 Å². The maximum atomic E-state index is 13.5. The Morgan fingerprint density at radius 1 is 1.12 bits per heavy atom. The topological polar surface area (TPSA) is 161 Å². The molecule has 1 spiro atoms. The van der Waals surface area contributed by atoms with Gasteiger partial charge in [0, 0.05) is 42.6 Å². The molecular weight excluding hydrogens is 540 g/mol. The van der Waals surface area contributed by atoms with Crippen LogP contribution < -0.4 is 0 Å². The van der Waals surface area contributed by atoms with Gasteiger partial charge in [-0.3, -0.25) is 24.0 Å². The Balaban J connectivity index is 1.43. The van der Waals surface area contributed by atoms with Crippen LogP contribution in [0, 0.1) is 34.5 Å². The lowest BCUT2D eigenvalue weighted by molar-refractivity contribution is -0.215. The molecule has 5 rings (SSSR count). The van der Waals surface area contributed by atoms with Gasteiger partial charge in [-0.05, 0) is 47.5 Å². The summed E-state index contributed by atoms with van der Waals surface area (Å²) >= 11 is 0. The molecule has 12 heteroatoms. The first-order chi connectivity index (χ1) is 19.0. The molecule has 0 aromatic carbocycles. The van der Waals surface area contributed by atoms with Gasteiger partial charge in [-0.2, -0.15) is 0 Å². The largest absolute Gasteiger partial charge is 0.462 e. The Labute approximate surface area is 238 Å². The van der Waals surface area contributed by atoms with Crippen LogP contribution in [0.15, 0.2) is 11.8 Å². The Morgan fingerprint density at radius 3 is 2.44 bits per heavy atom. The van der Waals surface area contributed by atoms with Crippen molar-refractivity contribution in [1.82, 2.24) is 0 Å². The van der Waals surface area contributed by atoms with E-state index in [0.29, 0.717) is 12.0 Å². The summed E-state index contributed by atoms with van der Waals surface area (Å²) in [5, 5.41) is 11.4. The van der Waals surface area contributed by atoms with Crippen molar-refractivity contribution in [1.29, 1.82) is 0 Å². The van der Waals surface area contributed by atoms with E-state index in [1.807, 2.05) is 0 Å². The van der Waals surface area contributed by atoms with Crippen molar-refractivity contribution < 1.29 is 57.5 Å². The van der Waals surface area contributed by atoms with Crippen LogP contribution in [0.2, 0.25) is 0 Å². The van der Waals surface area contributed by atoms with Crippen molar-refractivity contribution in [2.75, 3.05) is 0 Å². The number of rotatable bonds is 8. The van der Waals surface area contributed by atoms with E-state index in [4.69, 9.17) is 28.4 Å². The Morgan fingerprint density at radius 2 is 1.80 bits per heavy atom. The third-order valence-corrected chi connectivity index (χ3v) is 9.86. The van der Waals surface area contributed by atoms with Crippen LogP contribution in [0.1, 0.15) is 67.7 Å². The first-order valence-corrected chi connectivity index (χ1v) is 14.0. The molecule has 226 valence electrons. The van der Waals surface area contributed by atoms with E-state index in [-0.39, 0.29) is 12.8 Å². The zero-order valence-corrected chi connectivity index (χ0v) is 24.3. The average Bonchev–Trinajstić information content (AvgIpc) is 3.24. The molecule has 4 fully saturated rings. The molecule has 1 saturated heterocycles. The Kier molecular flexibility index (Phi) is 6.95. The second kappa shape index (κ2) is 9.71. The van der Waals surface area contributed by atoms with E-state index in [9.17, 15) is 29.1 Å². The molecule has 12 nitrogen and oxygen atoms in total. The number of hydrogen-bond donors (Lipinski definition) is 1. The summed E-state index contributed by atoms with van der Waals surface area (Å²) in [5.41, 5.74) is -2.44. The van der Waals surface area contributed by atoms with E-state index in [1.165, 1.54) is 20.1 Å². The van der Waals surface area contributed by atoms with Crippen molar-refractivity contribution in [3.63, 3.8) is 0 Å². The molecule has 3 aliphatic carbocycles. The molecule has 0 radical (unpaired) electrons. The highest BCUT2D eigenvalue weighted by molar-refractivity contribution is 5.82. The zero-order valence-electron chi connectivity index (χ0n) is 24.3. The van der Waals surface area contributed by atoms with Crippen molar-refractivity contribution in [2.45, 2.75) is 104 Å². The van der Waals surface area contributed by atoms with Crippen LogP contribution in [0.25, 0.3) is 0 Å². The Bertz CT molecular complexity index is 1210. The quantitative estimate of drug-likeness (QED) is 0.330. The summed E-state index contributed by atoms with van der Waals surface area (Å²) in [6.45, 7) is 10.7. The predicted octanol–water partition coefficient (Wildman–Crippen LogP) is 1.95. The lowest BCUT2D eigenvalue weighted by atomic mass is 9.61. The molecular formula is C29H38O12. The number of aliphatic hydroxyl groups excluding tert-OH is 1. The lowest BCUT2D eigenvalue weighted by Crippen LogP contribution is -2.58. The number of hydrogen-bond acceptors (Lipinski definition) is 12. The van der Waals surface area contributed by atoms with E-state index in [1.54, 1.807) is 34.6 Å². The number of ether oxygens (including phenoxy) is 6. The molecule has 2 unspecified atom stereocenters. The molecule has 0 aromatic rings. The number of esters is 5. The fraction of sp³-hybridized carbons (Fsp3) is 0.759. The summed E-state index contributed by atoms with van der Waals surface area (Å²) in [6.07, 6.45) is -2.61. The Hall–Kier alpha value is -3.15. The third-order valence-electron chi connectivity index (χ3n) is 9.86. The molecule has 2 heterocycles. The van der Waals surface area contributed by atoms with Gasteiger partial charge in [0.2, 0.25) is 6.29 Å². The second-order valence-corrected chi connectivity index (χ2v) is 12.9. The number of carbonyl (C=O) groups is 5. The maximum Gasteiger partial charge on any atom is 0.315 e. The highest BCUT2D eigenvalue weighted by Crippen LogP contribution is 2.77. The standard InChI is InChI=1S/C29H38O12/c1-12(13(2)37-14(3)30)24(34)40-25-16-8-19(32)23-28(7)17-9-29(16,23)18(11-36-25)22(39-26(28)35)21(17)38-20(33)10-27(5,6)41-15(4)31/h11-13,16-17,19,21-23,25,32H,8-10H2,1-7H3/t12?,13?,16-,17-,19+,21-,22+,23-,25-,28+,29-/m0/s1. The fourth-order valence-electron chi connectivity index (χ4n) is 8.24. The SMILES string of the molecule is CC(=O)OC(C)C(C)C(=O)O[C@@H]1OC=C2[C@H]3OC(=O)[C@]4(C)[C@@H](C[C@]25[C@H]1C[C@@H](O)[C@@H]45)[C@@H]3OC(=O)CC(C)(C)OC(C)=O. The molecule has 3 bridgehead atoms. The van der Waals surface area contributed by atoms with Gasteiger partial charge in [-0.1, -0.05) is 0 Å². The van der Waals surface area contributed by atoms with Gasteiger partial charge in [-0.25, -0.2) is 0 Å². The number of fused-ring (bicyclic) bond motifs is 3. The molecule has 0 aromatic heterocycles. The van der Waals surface area contributed by atoms with Gasteiger partial charge < -0.3 is 33.5 Å². The summed E-state index contributed by atoms with van der Waals surface area (Å²) in [6, 6.07) is 0. The van der Waals surface area contributed by atoms with Crippen LogP contribution in [0.5, 0.6) is 0 Å². The van der Waals surface area contributed by atoms with Crippen molar-refractivity contribution in [3.8, 4) is 0 Å². The summed E-state index contributed by atoms with van der Waals surface area (Å²) in [5.74, 6) is -5.05. The smallest absolute Gasteiger partial charge is 0.315 e. The average molecular weight is 579 g/mol. The van der Waals surface area contributed by atoms with Crippen LogP contribution in [-0.2, 0) is 52.4 Å². The highest BCUT2D eigenvalue weighted by atomic mass is 16.7. The predicted molar refractivity (Wildman–Crippen MR) is 136 cm³/mol. The van der Waals surface area contributed by atoms with Gasteiger partial charge in [-0.15, -0.1) is 0 Å². The minimum Gasteiger partial charge on any atom is -0.462 e. The first kappa shape index (κ1) is 29.3. The van der Waals surface area contributed by atoms with Crippen LogP contribution in [-0.4, -0.2) is 71.3 Å². The zero-order chi connectivity index (χ0) is 30.2. The minimum atomic E-state index is -1.17. The van der Waals surface area contributed by atoms with Gasteiger partial charge in [0.05, 0.1) is 30.1 Å². The number of carbonyl (C=O) groups excluding carboxylic acids is 5. The van der Waals surface area contributed by atoms with Crippen LogP contribution in [0.4, 0.5) is 0 Å². The molecule has 41 heavy (non-hydrogen) atoms. The molecule has 1 N–H and O–H groups in total. The van der Waals surface area contributed by atoms with Gasteiger partial charge in [0.15, 0.2) is 6.10 Å². The molecule has 0 amide bonds. The van der Waals surface area contributed by atoms with Gasteiger partial charge in [0.25, 0.3) is 0 Å². The highest BCUT2D eigenvalue weighted by Gasteiger charge is 2.82. The van der Waals surface area contributed by atoms with E-state index in [0.717, 1.165) is 0 Å². The molecule has 3 saturated carbocycles. The molecule has 2 aliphatic heterocycles. The number of aliphatic hydroxyl groups is 1. The van der Waals surface area contributed by atoms with Gasteiger partial charge in [0.1, 0.15) is 17.8 Å². The van der Waals surface area contributed by atoms with Crippen LogP contribution in [0.3, 0.4) is 0 Å². The van der Waals surface area contributed by atoms with Crippen molar-refractivity contribution >= 4 is 29.8 Å². The van der Waals surface area contributed by atoms with E-state index < -0.39 is 101 Å². The second-order valence-electron chi connectivity index (χ2n) is 12.9. The third kappa shape index (κ3) is 4.40. The van der Waals surface area contributed by atoms with Crippen molar-refractivity contribution in [2.24, 2.45) is 34.5 Å². The first-order valence-electron chi connectivity index (χ1n) is 14.0. The van der Waals surface area contributed by atoms with Crippen LogP contribution >= 0.6 is 0 Å².